The van der Waals surface area contributed by atoms with E-state index in [0.29, 0.717) is 10.6 Å². The largest absolute Gasteiger partial charge is 0.418 e. The van der Waals surface area contributed by atoms with Gasteiger partial charge in [0.05, 0.1) is 11.8 Å². The van der Waals surface area contributed by atoms with Gasteiger partial charge < -0.3 is 14.6 Å². The average molecular weight is 479 g/mol. The average Bonchev–Trinajstić information content (AvgIpc) is 3.39. The van der Waals surface area contributed by atoms with Crippen LogP contribution < -0.4 is 10.2 Å². The van der Waals surface area contributed by atoms with Crippen LogP contribution in [0.2, 0.25) is 5.02 Å². The summed E-state index contributed by atoms with van der Waals surface area (Å²) >= 11 is 5.92. The number of hydrogen-bond donors (Lipinski definition) is 1. The van der Waals surface area contributed by atoms with E-state index in [2.05, 4.69) is 10.3 Å². The second-order valence-electron chi connectivity index (χ2n) is 7.37. The molecule has 1 fully saturated rings. The minimum Gasteiger partial charge on any atom is -0.418 e. The summed E-state index contributed by atoms with van der Waals surface area (Å²) in [6.45, 7) is 0.728. The van der Waals surface area contributed by atoms with Gasteiger partial charge in [0, 0.05) is 31.2 Å². The molecule has 0 atom stereocenters. The molecule has 0 bridgehead atoms. The van der Waals surface area contributed by atoms with Crippen molar-refractivity contribution >= 4 is 29.6 Å². The van der Waals surface area contributed by atoms with Crippen LogP contribution in [0.3, 0.4) is 0 Å². The van der Waals surface area contributed by atoms with Crippen LogP contribution >= 0.6 is 11.6 Å². The van der Waals surface area contributed by atoms with Crippen molar-refractivity contribution < 1.29 is 27.2 Å². The summed E-state index contributed by atoms with van der Waals surface area (Å²) in [4.78, 5) is 31.7. The highest BCUT2D eigenvalue weighted by Gasteiger charge is 2.34. The van der Waals surface area contributed by atoms with Crippen molar-refractivity contribution in [3.05, 3.63) is 82.2 Å². The Balaban J connectivity index is 1.38. The molecule has 3 amide bonds. The first-order valence-electron chi connectivity index (χ1n) is 9.92. The smallest absolute Gasteiger partial charge is 0.416 e. The number of carbonyl (C=O) groups is 2. The third-order valence-corrected chi connectivity index (χ3v) is 5.25. The maximum Gasteiger partial charge on any atom is 0.416 e. The van der Waals surface area contributed by atoms with Gasteiger partial charge in [-0.15, -0.1) is 0 Å². The summed E-state index contributed by atoms with van der Waals surface area (Å²) in [5, 5.41) is 3.23. The molecule has 0 unspecified atom stereocenters. The van der Waals surface area contributed by atoms with Crippen LogP contribution in [-0.4, -0.2) is 34.9 Å². The summed E-state index contributed by atoms with van der Waals surface area (Å²) in [5.41, 5.74) is 0.383. The Morgan fingerprint density at radius 1 is 1.12 bits per heavy atom. The molecule has 1 aliphatic heterocycles. The summed E-state index contributed by atoms with van der Waals surface area (Å²) in [6.07, 6.45) is -3.25. The topological polar surface area (TPSA) is 78.7 Å². The van der Waals surface area contributed by atoms with Crippen LogP contribution in [-0.2, 0) is 19.3 Å². The maximum atomic E-state index is 12.9. The van der Waals surface area contributed by atoms with Gasteiger partial charge >= 0.3 is 18.2 Å². The van der Waals surface area contributed by atoms with E-state index in [1.54, 1.807) is 24.3 Å². The number of oxazole rings is 1. The van der Waals surface area contributed by atoms with Crippen LogP contribution in [0.5, 0.6) is 0 Å². The van der Waals surface area contributed by atoms with Crippen molar-refractivity contribution in [3.8, 4) is 0 Å². The Kier molecular flexibility index (Phi) is 6.28. The number of amides is 3. The Morgan fingerprint density at radius 3 is 2.64 bits per heavy atom. The Morgan fingerprint density at radius 2 is 1.88 bits per heavy atom. The van der Waals surface area contributed by atoms with Gasteiger partial charge in [-0.05, 0) is 35.4 Å². The monoisotopic (exact) mass is 478 g/mol. The number of hydrogen-bond acceptors (Lipinski definition) is 4. The Labute approximate surface area is 191 Å². The molecule has 0 spiro atoms. The second-order valence-corrected chi connectivity index (χ2v) is 7.81. The minimum absolute atomic E-state index is 0.00689. The molecule has 0 aliphatic carbocycles. The molecule has 4 rings (SSSR count). The van der Waals surface area contributed by atoms with Crippen LogP contribution in [0.15, 0.2) is 59.1 Å². The molecule has 7 nitrogen and oxygen atoms in total. The summed E-state index contributed by atoms with van der Waals surface area (Å²) < 4.78 is 44.2. The number of halogens is 4. The van der Waals surface area contributed by atoms with E-state index in [1.165, 1.54) is 28.1 Å². The predicted octanol–water partition coefficient (Wildman–Crippen LogP) is 4.72. The molecule has 1 aliphatic rings. The SMILES string of the molecule is O=C(NCc1cccc(Cl)c1)c1cnc(N2CCN(Cc3cccc(C(F)(F)F)c3)C2=O)o1. The molecule has 33 heavy (non-hydrogen) atoms. The Bertz CT molecular complexity index is 1180. The number of nitrogens with zero attached hydrogens (tertiary/aromatic N) is 3. The third-order valence-electron chi connectivity index (χ3n) is 5.01. The molecule has 11 heteroatoms. The normalized spacial score (nSPS) is 14.1. The van der Waals surface area contributed by atoms with E-state index in [4.69, 9.17) is 16.0 Å². The van der Waals surface area contributed by atoms with Crippen molar-refractivity contribution in [3.63, 3.8) is 0 Å². The van der Waals surface area contributed by atoms with Crippen molar-refractivity contribution in [1.82, 2.24) is 15.2 Å². The maximum absolute atomic E-state index is 12.9. The van der Waals surface area contributed by atoms with Gasteiger partial charge in [-0.2, -0.15) is 13.2 Å². The van der Waals surface area contributed by atoms with Gasteiger partial charge in [0.1, 0.15) is 0 Å². The lowest BCUT2D eigenvalue weighted by Crippen LogP contribution is -2.31. The third kappa shape index (κ3) is 5.28. The zero-order valence-electron chi connectivity index (χ0n) is 17.1. The second kappa shape index (κ2) is 9.14. The molecular weight excluding hydrogens is 461 g/mol. The van der Waals surface area contributed by atoms with Gasteiger partial charge in [-0.25, -0.2) is 14.7 Å². The van der Waals surface area contributed by atoms with Gasteiger partial charge in [-0.3, -0.25) is 4.79 Å². The molecule has 2 aromatic carbocycles. The van der Waals surface area contributed by atoms with Gasteiger partial charge in [0.2, 0.25) is 5.76 Å². The lowest BCUT2D eigenvalue weighted by atomic mass is 10.1. The fourth-order valence-electron chi connectivity index (χ4n) is 3.38. The lowest BCUT2D eigenvalue weighted by molar-refractivity contribution is -0.137. The van der Waals surface area contributed by atoms with Crippen molar-refractivity contribution in [2.45, 2.75) is 19.3 Å². The van der Waals surface area contributed by atoms with Crippen LogP contribution in [0, 0.1) is 0 Å². The first kappa shape index (κ1) is 22.7. The minimum atomic E-state index is -4.46. The van der Waals surface area contributed by atoms with Crippen molar-refractivity contribution in [2.24, 2.45) is 0 Å². The highest BCUT2D eigenvalue weighted by molar-refractivity contribution is 6.30. The molecule has 2 heterocycles. The molecule has 1 N–H and O–H groups in total. The number of aromatic nitrogens is 1. The van der Waals surface area contributed by atoms with E-state index >= 15 is 0 Å². The molecular formula is C22H18ClF3N4O3. The zero-order valence-corrected chi connectivity index (χ0v) is 17.9. The van der Waals surface area contributed by atoms with Crippen molar-refractivity contribution in [2.75, 3.05) is 18.0 Å². The fourth-order valence-corrected chi connectivity index (χ4v) is 3.60. The first-order chi connectivity index (χ1) is 15.7. The van der Waals surface area contributed by atoms with Gasteiger partial charge in [0.15, 0.2) is 0 Å². The molecule has 0 radical (unpaired) electrons. The van der Waals surface area contributed by atoms with E-state index < -0.39 is 23.7 Å². The molecule has 3 aromatic rings. The number of carbonyl (C=O) groups excluding carboxylic acids is 2. The quantitative estimate of drug-likeness (QED) is 0.556. The molecule has 1 aromatic heterocycles. The number of anilines is 1. The summed E-state index contributed by atoms with van der Waals surface area (Å²) in [7, 11) is 0. The number of rotatable bonds is 6. The highest BCUT2D eigenvalue weighted by atomic mass is 35.5. The van der Waals surface area contributed by atoms with Crippen LogP contribution in [0.1, 0.15) is 27.2 Å². The summed E-state index contributed by atoms with van der Waals surface area (Å²) in [5.74, 6) is -0.586. The molecule has 172 valence electrons. The van der Waals surface area contributed by atoms with E-state index in [1.807, 2.05) is 0 Å². The van der Waals surface area contributed by atoms with E-state index in [0.717, 1.165) is 17.7 Å². The number of nitrogens with one attached hydrogen (secondary N) is 1. The Hall–Kier alpha value is -3.53. The van der Waals surface area contributed by atoms with Gasteiger partial charge in [0.25, 0.3) is 5.91 Å². The standard InChI is InChI=1S/C22H18ClF3N4O3/c23-17-6-2-3-14(10-17)11-27-19(31)18-12-28-20(33-18)30-8-7-29(21(30)32)13-15-4-1-5-16(9-15)22(24,25)26/h1-6,9-10,12H,7-8,11,13H2,(H,27,31). The lowest BCUT2D eigenvalue weighted by Gasteiger charge is -2.17. The number of benzene rings is 2. The predicted molar refractivity (Wildman–Crippen MR) is 114 cm³/mol. The van der Waals surface area contributed by atoms with Gasteiger partial charge in [-0.1, -0.05) is 35.9 Å². The number of alkyl halides is 3. The highest BCUT2D eigenvalue weighted by Crippen LogP contribution is 2.30. The van der Waals surface area contributed by atoms with Crippen LogP contribution in [0.4, 0.5) is 24.0 Å². The zero-order chi connectivity index (χ0) is 23.6. The van der Waals surface area contributed by atoms with E-state index in [9.17, 15) is 22.8 Å². The summed E-state index contributed by atoms with van der Waals surface area (Å²) in [6, 6.07) is 11.3. The molecule has 1 saturated heterocycles. The van der Waals surface area contributed by atoms with Crippen molar-refractivity contribution in [1.29, 1.82) is 0 Å². The van der Waals surface area contributed by atoms with Crippen LogP contribution in [0.25, 0.3) is 0 Å². The fraction of sp³-hybridized carbons (Fsp3) is 0.227. The number of urea groups is 1. The molecule has 0 saturated carbocycles. The van der Waals surface area contributed by atoms with E-state index in [-0.39, 0.29) is 38.0 Å². The first-order valence-corrected chi connectivity index (χ1v) is 10.3.